The highest BCUT2D eigenvalue weighted by atomic mass is 14.7. The second kappa shape index (κ2) is 4.81. The Morgan fingerprint density at radius 2 is 1.65 bits per heavy atom. The Hall–Kier alpha value is -0.820. The van der Waals surface area contributed by atoms with Crippen LogP contribution >= 0.6 is 0 Å². The highest BCUT2D eigenvalue weighted by Gasteiger charge is 2.30. The van der Waals surface area contributed by atoms with Gasteiger partial charge in [-0.15, -0.1) is 0 Å². The average molecular weight is 231 g/mol. The van der Waals surface area contributed by atoms with E-state index in [-0.39, 0.29) is 5.54 Å². The molecule has 0 saturated heterocycles. The molecule has 17 heavy (non-hydrogen) atoms. The van der Waals surface area contributed by atoms with Crippen molar-refractivity contribution in [3.05, 3.63) is 34.9 Å². The van der Waals surface area contributed by atoms with Gasteiger partial charge in [-0.2, -0.15) is 0 Å². The molecule has 0 spiro atoms. The normalized spacial score (nSPS) is 29.3. The van der Waals surface area contributed by atoms with Crippen LogP contribution in [0.2, 0.25) is 0 Å². The molecule has 94 valence electrons. The van der Waals surface area contributed by atoms with E-state index in [9.17, 15) is 0 Å². The Morgan fingerprint density at radius 1 is 1.12 bits per heavy atom. The number of nitrogens with two attached hydrogens (primary N) is 1. The van der Waals surface area contributed by atoms with E-state index in [0.29, 0.717) is 0 Å². The summed E-state index contributed by atoms with van der Waals surface area (Å²) in [5.74, 6) is 0.867. The summed E-state index contributed by atoms with van der Waals surface area (Å²) >= 11 is 0. The minimum atomic E-state index is 0.0484. The Labute approximate surface area is 105 Å². The van der Waals surface area contributed by atoms with Crippen LogP contribution in [0.5, 0.6) is 0 Å². The first kappa shape index (κ1) is 12.6. The van der Waals surface area contributed by atoms with Gasteiger partial charge in [0.05, 0.1) is 0 Å². The maximum absolute atomic E-state index is 6.55. The summed E-state index contributed by atoms with van der Waals surface area (Å²) < 4.78 is 0. The Bertz CT molecular complexity index is 366. The molecule has 0 aromatic heterocycles. The van der Waals surface area contributed by atoms with Crippen molar-refractivity contribution in [2.75, 3.05) is 0 Å². The van der Waals surface area contributed by atoms with Crippen LogP contribution in [0, 0.1) is 19.8 Å². The summed E-state index contributed by atoms with van der Waals surface area (Å²) in [4.78, 5) is 0. The zero-order valence-electron chi connectivity index (χ0n) is 11.4. The van der Waals surface area contributed by atoms with Gasteiger partial charge in [-0.3, -0.25) is 0 Å². The molecule has 0 unspecified atom stereocenters. The van der Waals surface area contributed by atoms with Gasteiger partial charge < -0.3 is 5.73 Å². The number of rotatable bonds is 2. The van der Waals surface area contributed by atoms with Crippen LogP contribution in [-0.2, 0) is 6.42 Å². The topological polar surface area (TPSA) is 26.0 Å². The molecule has 0 bridgehead atoms. The molecule has 0 radical (unpaired) electrons. The first-order valence-electron chi connectivity index (χ1n) is 6.83. The maximum atomic E-state index is 6.55. The van der Waals surface area contributed by atoms with Crippen LogP contribution in [-0.4, -0.2) is 5.54 Å². The third kappa shape index (κ3) is 3.32. The zero-order valence-corrected chi connectivity index (χ0v) is 11.4. The highest BCUT2D eigenvalue weighted by molar-refractivity contribution is 5.29. The lowest BCUT2D eigenvalue weighted by Gasteiger charge is -2.36. The van der Waals surface area contributed by atoms with Crippen molar-refractivity contribution >= 4 is 0 Å². The first-order chi connectivity index (χ1) is 7.97. The first-order valence-corrected chi connectivity index (χ1v) is 6.83. The summed E-state index contributed by atoms with van der Waals surface area (Å²) in [7, 11) is 0. The van der Waals surface area contributed by atoms with E-state index in [1.807, 2.05) is 0 Å². The summed E-state index contributed by atoms with van der Waals surface area (Å²) in [6.07, 6.45) is 5.99. The average Bonchev–Trinajstić information content (AvgIpc) is 2.21. The predicted molar refractivity (Wildman–Crippen MR) is 74.2 cm³/mol. The molecule has 1 nitrogen and oxygen atoms in total. The number of hydrogen-bond acceptors (Lipinski definition) is 1. The van der Waals surface area contributed by atoms with Crippen LogP contribution in [0.25, 0.3) is 0 Å². The molecular formula is C16H25N. The molecule has 1 aliphatic rings. The molecule has 1 aliphatic carbocycles. The van der Waals surface area contributed by atoms with Crippen LogP contribution < -0.4 is 5.73 Å². The lowest BCUT2D eigenvalue weighted by atomic mass is 9.74. The summed E-state index contributed by atoms with van der Waals surface area (Å²) in [6, 6.07) is 6.81. The molecule has 1 aromatic rings. The van der Waals surface area contributed by atoms with E-state index in [1.165, 1.54) is 42.4 Å². The van der Waals surface area contributed by atoms with E-state index >= 15 is 0 Å². The van der Waals surface area contributed by atoms with Gasteiger partial charge in [-0.05, 0) is 57.4 Å². The van der Waals surface area contributed by atoms with E-state index in [1.54, 1.807) is 0 Å². The Morgan fingerprint density at radius 3 is 2.18 bits per heavy atom. The molecule has 0 heterocycles. The molecule has 1 fully saturated rings. The second-order valence-electron chi connectivity index (χ2n) is 6.22. The van der Waals surface area contributed by atoms with E-state index in [0.717, 1.165) is 12.3 Å². The van der Waals surface area contributed by atoms with Crippen molar-refractivity contribution in [1.82, 2.24) is 0 Å². The molecule has 1 heteroatoms. The third-order valence-corrected chi connectivity index (χ3v) is 4.11. The van der Waals surface area contributed by atoms with Crippen molar-refractivity contribution in [3.8, 4) is 0 Å². The monoisotopic (exact) mass is 231 g/mol. The second-order valence-corrected chi connectivity index (χ2v) is 6.22. The third-order valence-electron chi connectivity index (χ3n) is 4.11. The lowest BCUT2D eigenvalue weighted by Crippen LogP contribution is -2.45. The van der Waals surface area contributed by atoms with Crippen LogP contribution in [0.3, 0.4) is 0 Å². The molecule has 1 saturated carbocycles. The number of benzene rings is 1. The van der Waals surface area contributed by atoms with Crippen LogP contribution in [0.15, 0.2) is 18.2 Å². The van der Waals surface area contributed by atoms with Gasteiger partial charge >= 0.3 is 0 Å². The van der Waals surface area contributed by atoms with Gasteiger partial charge in [0.1, 0.15) is 0 Å². The van der Waals surface area contributed by atoms with Crippen molar-refractivity contribution in [2.24, 2.45) is 11.7 Å². The Balaban J connectivity index is 2.09. The zero-order chi connectivity index (χ0) is 12.5. The van der Waals surface area contributed by atoms with Crippen molar-refractivity contribution in [3.63, 3.8) is 0 Å². The van der Waals surface area contributed by atoms with E-state index < -0.39 is 0 Å². The minimum Gasteiger partial charge on any atom is -0.325 e. The predicted octanol–water partition coefficient (Wildman–Crippen LogP) is 3.75. The standard InChI is InChI=1S/C16H25N/c1-12-4-6-16(17,7-5-12)11-15-9-13(2)8-14(3)10-15/h8-10,12H,4-7,11,17H2,1-3H3. The van der Waals surface area contributed by atoms with Gasteiger partial charge in [0.15, 0.2) is 0 Å². The lowest BCUT2D eigenvalue weighted by molar-refractivity contribution is 0.243. The SMILES string of the molecule is Cc1cc(C)cc(CC2(N)CCC(C)CC2)c1. The molecule has 0 atom stereocenters. The van der Waals surface area contributed by atoms with Crippen molar-refractivity contribution < 1.29 is 0 Å². The molecule has 1 aromatic carbocycles. The maximum Gasteiger partial charge on any atom is 0.0195 e. The largest absolute Gasteiger partial charge is 0.325 e. The summed E-state index contributed by atoms with van der Waals surface area (Å²) in [5, 5.41) is 0. The quantitative estimate of drug-likeness (QED) is 0.824. The van der Waals surface area contributed by atoms with E-state index in [4.69, 9.17) is 5.73 Å². The summed E-state index contributed by atoms with van der Waals surface area (Å²) in [6.45, 7) is 6.68. The molecular weight excluding hydrogens is 206 g/mol. The van der Waals surface area contributed by atoms with Gasteiger partial charge in [0.2, 0.25) is 0 Å². The highest BCUT2D eigenvalue weighted by Crippen LogP contribution is 2.32. The fourth-order valence-corrected chi connectivity index (χ4v) is 3.09. The van der Waals surface area contributed by atoms with Crippen molar-refractivity contribution in [1.29, 1.82) is 0 Å². The van der Waals surface area contributed by atoms with Gasteiger partial charge in [0, 0.05) is 5.54 Å². The number of hydrogen-bond donors (Lipinski definition) is 1. The summed E-state index contributed by atoms with van der Waals surface area (Å²) in [5.41, 5.74) is 10.7. The van der Waals surface area contributed by atoms with Gasteiger partial charge in [0.25, 0.3) is 0 Å². The fraction of sp³-hybridized carbons (Fsp3) is 0.625. The minimum absolute atomic E-state index is 0.0484. The molecule has 2 N–H and O–H groups in total. The van der Waals surface area contributed by atoms with Crippen LogP contribution in [0.4, 0.5) is 0 Å². The molecule has 0 aliphatic heterocycles. The molecule has 2 rings (SSSR count). The van der Waals surface area contributed by atoms with Gasteiger partial charge in [-0.25, -0.2) is 0 Å². The smallest absolute Gasteiger partial charge is 0.0195 e. The fourth-order valence-electron chi connectivity index (χ4n) is 3.09. The van der Waals surface area contributed by atoms with E-state index in [2.05, 4.69) is 39.0 Å². The Kier molecular flexibility index (Phi) is 3.58. The molecule has 0 amide bonds. The van der Waals surface area contributed by atoms with Crippen LogP contribution in [0.1, 0.15) is 49.3 Å². The van der Waals surface area contributed by atoms with Gasteiger partial charge in [-0.1, -0.05) is 36.2 Å². The van der Waals surface area contributed by atoms with Crippen molar-refractivity contribution in [2.45, 2.75) is 58.4 Å². The number of aryl methyl sites for hydroxylation is 2.